The third-order valence-corrected chi connectivity index (χ3v) is 6.01. The lowest BCUT2D eigenvalue weighted by Crippen LogP contribution is -2.22. The van der Waals surface area contributed by atoms with Crippen LogP contribution in [0.25, 0.3) is 22.1 Å². The zero-order chi connectivity index (χ0) is 19.8. The van der Waals surface area contributed by atoms with Crippen LogP contribution in [-0.4, -0.2) is 9.38 Å². The number of aromatic nitrogens is 2. The van der Waals surface area contributed by atoms with E-state index in [0.29, 0.717) is 21.1 Å². The highest BCUT2D eigenvalue weighted by Crippen LogP contribution is 2.19. The van der Waals surface area contributed by atoms with Gasteiger partial charge in [-0.15, -0.1) is 0 Å². The fourth-order valence-electron chi connectivity index (χ4n) is 3.20. The number of hydrogen-bond donors (Lipinski definition) is 0. The van der Waals surface area contributed by atoms with Gasteiger partial charge in [-0.3, -0.25) is 4.79 Å². The summed E-state index contributed by atoms with van der Waals surface area (Å²) >= 11 is 7.56. The van der Waals surface area contributed by atoms with Crippen LogP contribution < -0.4 is 14.8 Å². The standard InChI is InChI=1S/C23H15ClN2O2S/c24-18-6-2-1-5-16(18)14-28-17-11-9-15(10-12-17)13-21-22(27)26-20-8-4-3-7-19(20)25-23(26)29-21/h1-13H,14H2. The van der Waals surface area contributed by atoms with Crippen LogP contribution in [0.5, 0.6) is 5.75 Å². The maximum atomic E-state index is 12.8. The molecule has 5 rings (SSSR count). The largest absolute Gasteiger partial charge is 0.489 e. The number of rotatable bonds is 4. The van der Waals surface area contributed by atoms with Crippen molar-refractivity contribution in [3.8, 4) is 5.75 Å². The third-order valence-electron chi connectivity index (χ3n) is 4.68. The minimum atomic E-state index is -0.0438. The molecule has 0 saturated carbocycles. The molecule has 0 aliphatic carbocycles. The second-order valence-electron chi connectivity index (χ2n) is 6.58. The number of ether oxygens (including phenoxy) is 1. The smallest absolute Gasteiger partial charge is 0.274 e. The summed E-state index contributed by atoms with van der Waals surface area (Å²) in [5, 5.41) is 0.690. The van der Waals surface area contributed by atoms with E-state index in [1.165, 1.54) is 11.3 Å². The molecule has 0 N–H and O–H groups in total. The summed E-state index contributed by atoms with van der Waals surface area (Å²) in [6.45, 7) is 0.405. The number of hydrogen-bond acceptors (Lipinski definition) is 4. The molecule has 142 valence electrons. The van der Waals surface area contributed by atoms with Gasteiger partial charge in [-0.1, -0.05) is 65.4 Å². The SMILES string of the molecule is O=c1c(=Cc2ccc(OCc3ccccc3Cl)cc2)sc2nc3ccccc3n12. The Balaban J connectivity index is 1.42. The van der Waals surface area contributed by atoms with Gasteiger partial charge in [-0.05, 0) is 42.0 Å². The lowest BCUT2D eigenvalue weighted by atomic mass is 10.2. The number of thiazole rings is 1. The molecule has 0 radical (unpaired) electrons. The molecule has 0 spiro atoms. The quantitative estimate of drug-likeness (QED) is 0.425. The average Bonchev–Trinajstić information content (AvgIpc) is 3.25. The Morgan fingerprint density at radius 3 is 2.59 bits per heavy atom. The van der Waals surface area contributed by atoms with Gasteiger partial charge in [-0.25, -0.2) is 9.38 Å². The number of fused-ring (bicyclic) bond motifs is 3. The molecular formula is C23H15ClN2O2S. The summed E-state index contributed by atoms with van der Waals surface area (Å²) in [6, 6.07) is 22.9. The molecule has 5 aromatic rings. The maximum Gasteiger partial charge on any atom is 0.274 e. The van der Waals surface area contributed by atoms with Crippen molar-refractivity contribution < 1.29 is 4.74 Å². The first kappa shape index (κ1) is 17.9. The van der Waals surface area contributed by atoms with Crippen LogP contribution in [0.15, 0.2) is 77.6 Å². The van der Waals surface area contributed by atoms with Crippen LogP contribution in [0.2, 0.25) is 5.02 Å². The number of benzene rings is 3. The zero-order valence-electron chi connectivity index (χ0n) is 15.2. The van der Waals surface area contributed by atoms with Crippen LogP contribution in [0.1, 0.15) is 11.1 Å². The second kappa shape index (κ2) is 7.35. The van der Waals surface area contributed by atoms with E-state index >= 15 is 0 Å². The van der Waals surface area contributed by atoms with Gasteiger partial charge < -0.3 is 4.74 Å². The minimum Gasteiger partial charge on any atom is -0.489 e. The molecule has 0 saturated heterocycles. The average molecular weight is 419 g/mol. The van der Waals surface area contributed by atoms with Crippen LogP contribution in [0.3, 0.4) is 0 Å². The minimum absolute atomic E-state index is 0.0438. The van der Waals surface area contributed by atoms with Crippen molar-refractivity contribution in [2.24, 2.45) is 0 Å². The van der Waals surface area contributed by atoms with E-state index in [-0.39, 0.29) is 5.56 Å². The van der Waals surface area contributed by atoms with Gasteiger partial charge >= 0.3 is 0 Å². The van der Waals surface area contributed by atoms with E-state index in [9.17, 15) is 4.79 Å². The Bertz CT molecular complexity index is 1440. The van der Waals surface area contributed by atoms with Crippen LogP contribution in [0, 0.1) is 0 Å². The van der Waals surface area contributed by atoms with Crippen LogP contribution in [-0.2, 0) is 6.61 Å². The van der Waals surface area contributed by atoms with Crippen molar-refractivity contribution in [2.75, 3.05) is 0 Å². The summed E-state index contributed by atoms with van der Waals surface area (Å²) in [7, 11) is 0. The van der Waals surface area contributed by atoms with Gasteiger partial charge in [0.05, 0.1) is 15.6 Å². The van der Waals surface area contributed by atoms with Gasteiger partial charge in [-0.2, -0.15) is 0 Å². The zero-order valence-corrected chi connectivity index (χ0v) is 16.8. The first-order valence-electron chi connectivity index (χ1n) is 9.07. The van der Waals surface area contributed by atoms with Gasteiger partial charge in [0, 0.05) is 10.6 Å². The second-order valence-corrected chi connectivity index (χ2v) is 8.00. The Hall–Kier alpha value is -3.15. The van der Waals surface area contributed by atoms with Crippen molar-refractivity contribution in [3.63, 3.8) is 0 Å². The maximum absolute atomic E-state index is 12.8. The molecule has 0 bridgehead atoms. The topological polar surface area (TPSA) is 43.6 Å². The van der Waals surface area contributed by atoms with E-state index in [0.717, 1.165) is 27.9 Å². The predicted octanol–water partition coefficient (Wildman–Crippen LogP) is 4.69. The number of halogens is 1. The van der Waals surface area contributed by atoms with Gasteiger partial charge in [0.25, 0.3) is 5.56 Å². The van der Waals surface area contributed by atoms with E-state index in [1.54, 1.807) is 4.40 Å². The lowest BCUT2D eigenvalue weighted by Gasteiger charge is -2.07. The molecule has 4 nitrogen and oxygen atoms in total. The molecule has 0 unspecified atom stereocenters. The van der Waals surface area contributed by atoms with E-state index in [1.807, 2.05) is 78.9 Å². The molecule has 6 heteroatoms. The van der Waals surface area contributed by atoms with Crippen molar-refractivity contribution >= 4 is 45.0 Å². The predicted molar refractivity (Wildman–Crippen MR) is 118 cm³/mol. The fourth-order valence-corrected chi connectivity index (χ4v) is 4.38. The Morgan fingerprint density at radius 1 is 1.00 bits per heavy atom. The normalized spacial score (nSPS) is 12.1. The number of imidazole rings is 1. The highest BCUT2D eigenvalue weighted by molar-refractivity contribution is 7.15. The van der Waals surface area contributed by atoms with Crippen molar-refractivity contribution in [1.29, 1.82) is 0 Å². The summed E-state index contributed by atoms with van der Waals surface area (Å²) in [6.07, 6.45) is 1.88. The summed E-state index contributed by atoms with van der Waals surface area (Å²) in [5.41, 5.74) is 3.50. The van der Waals surface area contributed by atoms with Crippen LogP contribution >= 0.6 is 22.9 Å². The van der Waals surface area contributed by atoms with Gasteiger partial charge in [0.1, 0.15) is 12.4 Å². The molecule has 0 aliphatic heterocycles. The van der Waals surface area contributed by atoms with E-state index in [2.05, 4.69) is 4.98 Å². The summed E-state index contributed by atoms with van der Waals surface area (Å²) in [5.74, 6) is 0.747. The number of para-hydroxylation sites is 2. The first-order valence-corrected chi connectivity index (χ1v) is 10.3. The monoisotopic (exact) mass is 418 g/mol. The lowest BCUT2D eigenvalue weighted by molar-refractivity contribution is 0.306. The van der Waals surface area contributed by atoms with Crippen molar-refractivity contribution in [1.82, 2.24) is 9.38 Å². The molecular weight excluding hydrogens is 404 g/mol. The van der Waals surface area contributed by atoms with Gasteiger partial charge in [0.2, 0.25) is 0 Å². The molecule has 0 aliphatic rings. The fraction of sp³-hybridized carbons (Fsp3) is 0.0435. The van der Waals surface area contributed by atoms with E-state index < -0.39 is 0 Å². The molecule has 0 atom stereocenters. The number of nitrogens with zero attached hydrogens (tertiary/aromatic N) is 2. The van der Waals surface area contributed by atoms with E-state index in [4.69, 9.17) is 16.3 Å². The molecule has 0 fully saturated rings. The Morgan fingerprint density at radius 2 is 1.76 bits per heavy atom. The van der Waals surface area contributed by atoms with Crippen molar-refractivity contribution in [2.45, 2.75) is 6.61 Å². The van der Waals surface area contributed by atoms with Gasteiger partial charge in [0.15, 0.2) is 4.96 Å². The van der Waals surface area contributed by atoms with Crippen molar-refractivity contribution in [3.05, 3.63) is 104 Å². The third kappa shape index (κ3) is 3.39. The highest BCUT2D eigenvalue weighted by Gasteiger charge is 2.10. The molecule has 0 amide bonds. The Kier molecular flexibility index (Phi) is 4.54. The highest BCUT2D eigenvalue weighted by atomic mass is 35.5. The summed E-state index contributed by atoms with van der Waals surface area (Å²) in [4.78, 5) is 18.1. The summed E-state index contributed by atoms with van der Waals surface area (Å²) < 4.78 is 8.14. The Labute approximate surface area is 175 Å². The molecule has 2 aromatic heterocycles. The molecule has 3 aromatic carbocycles. The molecule has 2 heterocycles. The molecule has 29 heavy (non-hydrogen) atoms. The first-order chi connectivity index (χ1) is 14.2. The van der Waals surface area contributed by atoms with Crippen LogP contribution in [0.4, 0.5) is 0 Å².